The van der Waals surface area contributed by atoms with E-state index in [4.69, 9.17) is 9.47 Å². The number of ketones is 1. The van der Waals surface area contributed by atoms with Crippen LogP contribution in [0.5, 0.6) is 0 Å². The van der Waals surface area contributed by atoms with Gasteiger partial charge in [0.25, 0.3) is 0 Å². The Morgan fingerprint density at radius 2 is 2.31 bits per heavy atom. The minimum Gasteiger partial charge on any atom is -0.381 e. The SMILES string of the molecule is CCC(=O)C1(COC)CCCCO1. The van der Waals surface area contributed by atoms with Crippen molar-refractivity contribution in [3.8, 4) is 0 Å². The molecule has 1 heterocycles. The van der Waals surface area contributed by atoms with Crippen molar-refractivity contribution < 1.29 is 14.3 Å². The predicted octanol–water partition coefficient (Wildman–Crippen LogP) is 1.55. The Labute approximate surface area is 79.4 Å². The van der Waals surface area contributed by atoms with E-state index in [-0.39, 0.29) is 5.78 Å². The first-order chi connectivity index (χ1) is 6.25. The summed E-state index contributed by atoms with van der Waals surface area (Å²) in [5, 5.41) is 0. The summed E-state index contributed by atoms with van der Waals surface area (Å²) in [7, 11) is 1.61. The van der Waals surface area contributed by atoms with Gasteiger partial charge in [-0.3, -0.25) is 4.79 Å². The molecule has 0 aromatic carbocycles. The van der Waals surface area contributed by atoms with Crippen LogP contribution >= 0.6 is 0 Å². The van der Waals surface area contributed by atoms with E-state index in [0.29, 0.717) is 19.6 Å². The highest BCUT2D eigenvalue weighted by atomic mass is 16.5. The Bertz CT molecular complexity index is 165. The number of rotatable bonds is 4. The first-order valence-corrected chi connectivity index (χ1v) is 4.91. The number of hydrogen-bond acceptors (Lipinski definition) is 3. The van der Waals surface area contributed by atoms with Gasteiger partial charge in [0.2, 0.25) is 0 Å². The second kappa shape index (κ2) is 4.72. The summed E-state index contributed by atoms with van der Waals surface area (Å²) in [5.74, 6) is 0.175. The van der Waals surface area contributed by atoms with Crippen LogP contribution in [-0.4, -0.2) is 31.7 Å². The van der Waals surface area contributed by atoms with Crippen molar-refractivity contribution in [1.29, 1.82) is 0 Å². The van der Waals surface area contributed by atoms with E-state index >= 15 is 0 Å². The molecular weight excluding hydrogens is 168 g/mol. The third-order valence-corrected chi connectivity index (χ3v) is 2.56. The van der Waals surface area contributed by atoms with E-state index in [2.05, 4.69) is 0 Å². The molecule has 3 nitrogen and oxygen atoms in total. The first kappa shape index (κ1) is 10.7. The molecule has 0 aromatic heterocycles. The Hall–Kier alpha value is -0.410. The number of carbonyl (C=O) groups is 1. The molecule has 3 heteroatoms. The summed E-state index contributed by atoms with van der Waals surface area (Å²) < 4.78 is 10.6. The normalized spacial score (nSPS) is 28.8. The first-order valence-electron chi connectivity index (χ1n) is 4.91. The van der Waals surface area contributed by atoms with Gasteiger partial charge in [-0.1, -0.05) is 6.92 Å². The van der Waals surface area contributed by atoms with Crippen LogP contribution in [0.3, 0.4) is 0 Å². The Morgan fingerprint density at radius 3 is 2.77 bits per heavy atom. The van der Waals surface area contributed by atoms with Crippen LogP contribution in [-0.2, 0) is 14.3 Å². The number of ether oxygens (including phenoxy) is 2. The average molecular weight is 186 g/mol. The molecule has 1 saturated heterocycles. The zero-order chi connectivity index (χ0) is 9.73. The fourth-order valence-corrected chi connectivity index (χ4v) is 1.82. The lowest BCUT2D eigenvalue weighted by Crippen LogP contribution is -2.47. The minimum atomic E-state index is -0.623. The van der Waals surface area contributed by atoms with Crippen molar-refractivity contribution in [2.45, 2.75) is 38.2 Å². The Kier molecular flexibility index (Phi) is 3.88. The monoisotopic (exact) mass is 186 g/mol. The van der Waals surface area contributed by atoms with Gasteiger partial charge in [0, 0.05) is 20.1 Å². The van der Waals surface area contributed by atoms with Gasteiger partial charge in [0.1, 0.15) is 5.60 Å². The lowest BCUT2D eigenvalue weighted by atomic mass is 9.89. The van der Waals surface area contributed by atoms with Gasteiger partial charge in [-0.25, -0.2) is 0 Å². The molecule has 0 spiro atoms. The van der Waals surface area contributed by atoms with E-state index in [1.165, 1.54) is 0 Å². The molecule has 76 valence electrons. The standard InChI is InChI=1S/C10H18O3/c1-3-9(11)10(8-12-2)6-4-5-7-13-10/h3-8H2,1-2H3. The topological polar surface area (TPSA) is 35.5 Å². The van der Waals surface area contributed by atoms with Crippen LogP contribution in [0.4, 0.5) is 0 Å². The summed E-state index contributed by atoms with van der Waals surface area (Å²) >= 11 is 0. The van der Waals surface area contributed by atoms with Crippen LogP contribution < -0.4 is 0 Å². The van der Waals surface area contributed by atoms with Gasteiger partial charge in [0.05, 0.1) is 6.61 Å². The molecular formula is C10H18O3. The summed E-state index contributed by atoms with van der Waals surface area (Å²) in [6.45, 7) is 2.96. The van der Waals surface area contributed by atoms with Gasteiger partial charge < -0.3 is 9.47 Å². The second-order valence-electron chi connectivity index (χ2n) is 3.51. The third kappa shape index (κ3) is 2.29. The van der Waals surface area contributed by atoms with Crippen molar-refractivity contribution >= 4 is 5.78 Å². The maximum atomic E-state index is 11.7. The fourth-order valence-electron chi connectivity index (χ4n) is 1.82. The summed E-state index contributed by atoms with van der Waals surface area (Å²) in [5.41, 5.74) is -0.623. The molecule has 0 aliphatic carbocycles. The smallest absolute Gasteiger partial charge is 0.166 e. The Morgan fingerprint density at radius 1 is 1.54 bits per heavy atom. The molecule has 0 N–H and O–H groups in total. The van der Waals surface area contributed by atoms with Crippen molar-refractivity contribution in [3.05, 3.63) is 0 Å². The lowest BCUT2D eigenvalue weighted by molar-refractivity contribution is -0.160. The Balaban J connectivity index is 2.66. The molecule has 0 radical (unpaired) electrons. The maximum Gasteiger partial charge on any atom is 0.166 e. The summed E-state index contributed by atoms with van der Waals surface area (Å²) in [4.78, 5) is 11.7. The van der Waals surface area contributed by atoms with Crippen LogP contribution in [0.1, 0.15) is 32.6 Å². The van der Waals surface area contributed by atoms with Gasteiger partial charge >= 0.3 is 0 Å². The fraction of sp³-hybridized carbons (Fsp3) is 0.900. The second-order valence-corrected chi connectivity index (χ2v) is 3.51. The quantitative estimate of drug-likeness (QED) is 0.668. The van der Waals surface area contributed by atoms with Crippen LogP contribution in [0.2, 0.25) is 0 Å². The van der Waals surface area contributed by atoms with Crippen molar-refractivity contribution in [1.82, 2.24) is 0 Å². The summed E-state index contributed by atoms with van der Waals surface area (Å²) in [6, 6.07) is 0. The molecule has 0 amide bonds. The van der Waals surface area contributed by atoms with Crippen molar-refractivity contribution in [2.24, 2.45) is 0 Å². The number of carbonyl (C=O) groups excluding carboxylic acids is 1. The highest BCUT2D eigenvalue weighted by Gasteiger charge is 2.39. The van der Waals surface area contributed by atoms with Crippen LogP contribution in [0.25, 0.3) is 0 Å². The molecule has 1 unspecified atom stereocenters. The third-order valence-electron chi connectivity index (χ3n) is 2.56. The van der Waals surface area contributed by atoms with Gasteiger partial charge in [-0.05, 0) is 19.3 Å². The van der Waals surface area contributed by atoms with E-state index in [9.17, 15) is 4.79 Å². The van der Waals surface area contributed by atoms with E-state index in [1.54, 1.807) is 7.11 Å². The zero-order valence-corrected chi connectivity index (χ0v) is 8.47. The highest BCUT2D eigenvalue weighted by Crippen LogP contribution is 2.27. The summed E-state index contributed by atoms with van der Waals surface area (Å²) in [6.07, 6.45) is 3.47. The van der Waals surface area contributed by atoms with Crippen LogP contribution in [0, 0.1) is 0 Å². The zero-order valence-electron chi connectivity index (χ0n) is 8.47. The molecule has 0 bridgehead atoms. The molecule has 0 saturated carbocycles. The molecule has 1 aliphatic heterocycles. The molecule has 1 fully saturated rings. The predicted molar refractivity (Wildman–Crippen MR) is 49.7 cm³/mol. The van der Waals surface area contributed by atoms with Crippen molar-refractivity contribution in [2.75, 3.05) is 20.3 Å². The highest BCUT2D eigenvalue weighted by molar-refractivity contribution is 5.87. The average Bonchev–Trinajstić information content (AvgIpc) is 2.18. The minimum absolute atomic E-state index is 0.175. The molecule has 13 heavy (non-hydrogen) atoms. The molecule has 1 rings (SSSR count). The molecule has 1 aliphatic rings. The van der Waals surface area contributed by atoms with Gasteiger partial charge in [-0.15, -0.1) is 0 Å². The van der Waals surface area contributed by atoms with E-state index in [1.807, 2.05) is 6.92 Å². The van der Waals surface area contributed by atoms with Gasteiger partial charge in [0.15, 0.2) is 5.78 Å². The number of hydrogen-bond donors (Lipinski definition) is 0. The lowest BCUT2D eigenvalue weighted by Gasteiger charge is -2.35. The maximum absolute atomic E-state index is 11.7. The number of Topliss-reactive ketones (excluding diaryl/α,β-unsaturated/α-hetero) is 1. The van der Waals surface area contributed by atoms with Gasteiger partial charge in [-0.2, -0.15) is 0 Å². The van der Waals surface area contributed by atoms with Crippen molar-refractivity contribution in [3.63, 3.8) is 0 Å². The van der Waals surface area contributed by atoms with E-state index < -0.39 is 5.60 Å². The molecule has 1 atom stereocenters. The molecule has 0 aromatic rings. The number of methoxy groups -OCH3 is 1. The largest absolute Gasteiger partial charge is 0.381 e. The van der Waals surface area contributed by atoms with E-state index in [0.717, 1.165) is 19.3 Å². The van der Waals surface area contributed by atoms with Crippen LogP contribution in [0.15, 0.2) is 0 Å².